The van der Waals surface area contributed by atoms with E-state index in [0.717, 1.165) is 45.3 Å². The fourth-order valence-electron chi connectivity index (χ4n) is 5.59. The molecule has 40 heavy (non-hydrogen) atoms. The zero-order valence-electron chi connectivity index (χ0n) is 24.4. The first-order valence-electron chi connectivity index (χ1n) is 14.5. The van der Waals surface area contributed by atoms with Crippen LogP contribution in [-0.2, 0) is 14.3 Å². The Balaban J connectivity index is 1.23. The Bertz CT molecular complexity index is 1090. The summed E-state index contributed by atoms with van der Waals surface area (Å²) < 4.78 is 11.7. The maximum absolute atomic E-state index is 12.7. The van der Waals surface area contributed by atoms with Crippen molar-refractivity contribution in [1.82, 2.24) is 20.4 Å². The summed E-state index contributed by atoms with van der Waals surface area (Å²) in [6.45, 7) is 12.6. The van der Waals surface area contributed by atoms with E-state index in [1.54, 1.807) is 18.2 Å². The molecule has 1 atom stereocenters. The van der Waals surface area contributed by atoms with Crippen molar-refractivity contribution in [3.8, 4) is 5.75 Å². The van der Waals surface area contributed by atoms with Crippen molar-refractivity contribution in [1.29, 1.82) is 0 Å². The molecule has 0 bridgehead atoms. The Hall–Kier alpha value is -3.14. The maximum Gasteiger partial charge on any atom is 0.410 e. The molecule has 2 heterocycles. The maximum atomic E-state index is 12.7. The second kappa shape index (κ2) is 12.6. The normalized spacial score (nSPS) is 24.0. The van der Waals surface area contributed by atoms with Gasteiger partial charge in [-0.25, -0.2) is 4.79 Å². The summed E-state index contributed by atoms with van der Waals surface area (Å²) in [5.74, 6) is 0.0193. The van der Waals surface area contributed by atoms with Gasteiger partial charge in [0.15, 0.2) is 0 Å². The van der Waals surface area contributed by atoms with Gasteiger partial charge in [-0.05, 0) is 78.0 Å². The molecule has 4 rings (SSSR count). The predicted molar refractivity (Wildman–Crippen MR) is 150 cm³/mol. The Morgan fingerprint density at radius 1 is 1.12 bits per heavy atom. The minimum atomic E-state index is -0.714. The lowest BCUT2D eigenvalue weighted by atomic mass is 9.85. The molecule has 1 aliphatic carbocycles. The van der Waals surface area contributed by atoms with Crippen LogP contribution in [0.25, 0.3) is 0 Å². The molecule has 1 saturated carbocycles. The second-order valence-corrected chi connectivity index (χ2v) is 12.6. The largest absolute Gasteiger partial charge is 0.490 e. The van der Waals surface area contributed by atoms with E-state index < -0.39 is 17.6 Å². The van der Waals surface area contributed by atoms with Crippen LogP contribution in [0.3, 0.4) is 0 Å². The number of hydrogen-bond acceptors (Lipinski definition) is 7. The predicted octanol–water partition coefficient (Wildman–Crippen LogP) is 3.49. The number of carbonyl (C=O) groups excluding carboxylic acids is 4. The number of nitrogens with one attached hydrogen (secondary N) is 2. The number of amides is 4. The van der Waals surface area contributed by atoms with Crippen LogP contribution in [0.1, 0.15) is 83.5 Å². The number of imide groups is 1. The first kappa shape index (κ1) is 29.8. The van der Waals surface area contributed by atoms with Gasteiger partial charge in [-0.1, -0.05) is 6.07 Å². The summed E-state index contributed by atoms with van der Waals surface area (Å²) in [4.78, 5) is 52.8. The first-order valence-corrected chi connectivity index (χ1v) is 14.5. The van der Waals surface area contributed by atoms with E-state index in [9.17, 15) is 19.2 Å². The zero-order chi connectivity index (χ0) is 29.0. The van der Waals surface area contributed by atoms with Gasteiger partial charge in [0.2, 0.25) is 11.8 Å². The van der Waals surface area contributed by atoms with Crippen molar-refractivity contribution < 1.29 is 28.7 Å². The van der Waals surface area contributed by atoms with Gasteiger partial charge in [0.05, 0.1) is 0 Å². The summed E-state index contributed by atoms with van der Waals surface area (Å²) in [5.41, 5.74) is -0.0611. The van der Waals surface area contributed by atoms with Gasteiger partial charge in [0.25, 0.3) is 5.91 Å². The molecule has 0 spiro atoms. The number of rotatable bonds is 8. The molecule has 3 fully saturated rings. The van der Waals surface area contributed by atoms with Gasteiger partial charge in [-0.3, -0.25) is 24.6 Å². The van der Waals surface area contributed by atoms with Crippen LogP contribution >= 0.6 is 0 Å². The topological polar surface area (TPSA) is 117 Å². The molecule has 2 N–H and O–H groups in total. The molecular weight excluding hydrogens is 512 g/mol. The summed E-state index contributed by atoms with van der Waals surface area (Å²) in [5, 5.41) is 4.97. The van der Waals surface area contributed by atoms with E-state index in [2.05, 4.69) is 29.4 Å². The standard InChI is InChI=1S/C30H44N4O6/c1-19(2)34(18-20-11-13-33(14-12-20)29(38)40-30(3,4)5)22-16-24(17-22)39-23-8-6-7-21(15-23)27(36)31-25-9-10-26(35)32-28(25)37/h6-8,15,19-20,22,24-25H,9-14,16-18H2,1-5H3,(H,31,36)(H,32,35,37)/t22-,24-,25?. The van der Waals surface area contributed by atoms with Crippen molar-refractivity contribution in [2.45, 2.75) is 103 Å². The zero-order valence-corrected chi connectivity index (χ0v) is 24.4. The number of piperidine rings is 2. The average molecular weight is 557 g/mol. The van der Waals surface area contributed by atoms with Gasteiger partial charge in [0, 0.05) is 56.5 Å². The van der Waals surface area contributed by atoms with E-state index in [-0.39, 0.29) is 30.4 Å². The molecule has 2 aliphatic heterocycles. The van der Waals surface area contributed by atoms with Gasteiger partial charge in [-0.15, -0.1) is 0 Å². The Morgan fingerprint density at radius 2 is 1.82 bits per heavy atom. The van der Waals surface area contributed by atoms with Gasteiger partial charge < -0.3 is 19.7 Å². The molecule has 2 saturated heterocycles. The average Bonchev–Trinajstić information content (AvgIpc) is 2.86. The molecule has 1 aromatic rings. The van der Waals surface area contributed by atoms with Crippen LogP contribution < -0.4 is 15.4 Å². The second-order valence-electron chi connectivity index (χ2n) is 12.6. The summed E-state index contributed by atoms with van der Waals surface area (Å²) in [6, 6.07) is 7.14. The quantitative estimate of drug-likeness (QED) is 0.471. The molecule has 10 nitrogen and oxygen atoms in total. The lowest BCUT2D eigenvalue weighted by Crippen LogP contribution is -2.54. The van der Waals surface area contributed by atoms with Crippen LogP contribution in [0.15, 0.2) is 24.3 Å². The third kappa shape index (κ3) is 7.96. The van der Waals surface area contributed by atoms with Gasteiger partial charge >= 0.3 is 6.09 Å². The molecule has 0 aromatic heterocycles. The van der Waals surface area contributed by atoms with E-state index in [1.165, 1.54) is 0 Å². The molecular formula is C30H44N4O6. The van der Waals surface area contributed by atoms with E-state index in [1.807, 2.05) is 31.7 Å². The highest BCUT2D eigenvalue weighted by Gasteiger charge is 2.38. The van der Waals surface area contributed by atoms with E-state index >= 15 is 0 Å². The first-order chi connectivity index (χ1) is 18.9. The summed E-state index contributed by atoms with van der Waals surface area (Å²) >= 11 is 0. The number of ether oxygens (including phenoxy) is 2. The van der Waals surface area contributed by atoms with Crippen molar-refractivity contribution in [3.05, 3.63) is 29.8 Å². The molecule has 10 heteroatoms. The molecule has 4 amide bonds. The number of hydrogen-bond donors (Lipinski definition) is 2. The van der Waals surface area contributed by atoms with Crippen LogP contribution in [0.5, 0.6) is 5.75 Å². The van der Waals surface area contributed by atoms with Crippen molar-refractivity contribution in [2.75, 3.05) is 19.6 Å². The highest BCUT2D eigenvalue weighted by atomic mass is 16.6. The van der Waals surface area contributed by atoms with Crippen molar-refractivity contribution in [2.24, 2.45) is 5.92 Å². The monoisotopic (exact) mass is 556 g/mol. The van der Waals surface area contributed by atoms with Crippen LogP contribution in [-0.4, -0.2) is 83.1 Å². The minimum absolute atomic E-state index is 0.0775. The Labute approximate surface area is 237 Å². The number of nitrogens with zero attached hydrogens (tertiary/aromatic N) is 2. The fraction of sp³-hybridized carbons (Fsp3) is 0.667. The molecule has 1 aromatic carbocycles. The van der Waals surface area contributed by atoms with Gasteiger partial charge in [-0.2, -0.15) is 0 Å². The molecule has 1 unspecified atom stereocenters. The third-order valence-electron chi connectivity index (χ3n) is 7.88. The number of carbonyl (C=O) groups is 4. The van der Waals surface area contributed by atoms with Gasteiger partial charge in [0.1, 0.15) is 23.5 Å². The van der Waals surface area contributed by atoms with Crippen molar-refractivity contribution in [3.63, 3.8) is 0 Å². The minimum Gasteiger partial charge on any atom is -0.490 e. The van der Waals surface area contributed by atoms with Crippen LogP contribution in [0, 0.1) is 5.92 Å². The van der Waals surface area contributed by atoms with E-state index in [4.69, 9.17) is 9.47 Å². The Kier molecular flexibility index (Phi) is 9.38. The lowest BCUT2D eigenvalue weighted by molar-refractivity contribution is -0.134. The highest BCUT2D eigenvalue weighted by Crippen LogP contribution is 2.33. The molecule has 220 valence electrons. The lowest BCUT2D eigenvalue weighted by Gasteiger charge is -2.46. The van der Waals surface area contributed by atoms with Crippen molar-refractivity contribution >= 4 is 23.8 Å². The van der Waals surface area contributed by atoms with E-state index in [0.29, 0.717) is 35.7 Å². The molecule has 0 radical (unpaired) electrons. The Morgan fingerprint density at radius 3 is 2.45 bits per heavy atom. The van der Waals surface area contributed by atoms with Crippen LogP contribution in [0.2, 0.25) is 0 Å². The number of likely N-dealkylation sites (tertiary alicyclic amines) is 1. The fourth-order valence-corrected chi connectivity index (χ4v) is 5.59. The summed E-state index contributed by atoms with van der Waals surface area (Å²) in [7, 11) is 0. The number of benzene rings is 1. The summed E-state index contributed by atoms with van der Waals surface area (Å²) in [6.07, 6.45) is 4.15. The highest BCUT2D eigenvalue weighted by molar-refractivity contribution is 6.03. The van der Waals surface area contributed by atoms with Crippen LogP contribution in [0.4, 0.5) is 4.79 Å². The third-order valence-corrected chi connectivity index (χ3v) is 7.88. The molecule has 3 aliphatic rings. The smallest absolute Gasteiger partial charge is 0.410 e. The SMILES string of the molecule is CC(C)N(CC1CCN(C(=O)OC(C)(C)C)CC1)[C@H]1C[C@H](Oc2cccc(C(=O)NC3CCC(=O)NC3=O)c2)C1.